The molecule has 160 valence electrons. The maximum Gasteiger partial charge on any atom is 0.417 e. The molecule has 0 amide bonds. The number of alkyl halides is 6. The van der Waals surface area contributed by atoms with Gasteiger partial charge in [0.25, 0.3) is 0 Å². The van der Waals surface area contributed by atoms with Crippen molar-refractivity contribution in [2.75, 3.05) is 5.75 Å². The van der Waals surface area contributed by atoms with Gasteiger partial charge >= 0.3 is 12.4 Å². The molecule has 0 N–H and O–H groups in total. The Bertz CT molecular complexity index is 1010. The maximum atomic E-state index is 13.1. The van der Waals surface area contributed by atoms with Crippen LogP contribution in [0.4, 0.5) is 26.3 Å². The van der Waals surface area contributed by atoms with Gasteiger partial charge in [-0.15, -0.1) is 0 Å². The number of carbonyl (C=O) groups is 1. The first-order valence-corrected chi connectivity index (χ1v) is 9.88. The van der Waals surface area contributed by atoms with Crippen LogP contribution in [0.5, 0.6) is 0 Å². The summed E-state index contributed by atoms with van der Waals surface area (Å²) in [6.07, 6.45) is -9.95. The molecule has 0 aliphatic heterocycles. The minimum absolute atomic E-state index is 0.536. The van der Waals surface area contributed by atoms with Crippen LogP contribution in [0.2, 0.25) is 5.15 Å². The van der Waals surface area contributed by atoms with Crippen molar-refractivity contribution < 1.29 is 39.6 Å². The lowest BCUT2D eigenvalue weighted by atomic mass is 10.2. The minimum atomic E-state index is -4.97. The van der Waals surface area contributed by atoms with Gasteiger partial charge in [0, 0.05) is 6.04 Å². The monoisotopic (exact) mass is 462 g/mol. The van der Waals surface area contributed by atoms with E-state index in [0.717, 1.165) is 30.0 Å². The molecule has 0 saturated carbocycles. The van der Waals surface area contributed by atoms with Gasteiger partial charge < -0.3 is 4.57 Å². The fourth-order valence-electron chi connectivity index (χ4n) is 2.56. The van der Waals surface area contributed by atoms with Gasteiger partial charge in [0.1, 0.15) is 16.6 Å². The molecule has 0 bridgehead atoms. The third kappa shape index (κ3) is 5.50. The number of hydrogen-bond donors (Lipinski definition) is 0. The molecule has 0 saturated heterocycles. The molecule has 5 nitrogen and oxygen atoms in total. The lowest BCUT2D eigenvalue weighted by Gasteiger charge is -2.16. The third-order valence-corrected chi connectivity index (χ3v) is 5.89. The van der Waals surface area contributed by atoms with E-state index < -0.39 is 67.5 Å². The van der Waals surface area contributed by atoms with Gasteiger partial charge in [0.2, 0.25) is 0 Å². The highest BCUT2D eigenvalue weighted by atomic mass is 35.5. The standard InChI is InChI=1S/C16H13ClF6N2O3S/c1-9(6-15(18,19)20)25-8-24-13(14(25)17)11(26)7-29(27,28)12-5-3-2-4-10(12)16(21,22)23/h2-5,8-9H,6-7H2,1H3. The first-order chi connectivity index (χ1) is 13.1. The number of benzene rings is 1. The summed E-state index contributed by atoms with van der Waals surface area (Å²) in [5.41, 5.74) is -2.09. The predicted octanol–water partition coefficient (Wildman–Crippen LogP) is 4.73. The van der Waals surface area contributed by atoms with Crippen molar-refractivity contribution >= 4 is 27.2 Å². The van der Waals surface area contributed by atoms with Crippen LogP contribution in [0.15, 0.2) is 35.5 Å². The van der Waals surface area contributed by atoms with Crippen molar-refractivity contribution in [1.29, 1.82) is 0 Å². The van der Waals surface area contributed by atoms with Crippen molar-refractivity contribution in [2.45, 2.75) is 36.6 Å². The summed E-state index contributed by atoms with van der Waals surface area (Å²) >= 11 is 5.86. The highest BCUT2D eigenvalue weighted by molar-refractivity contribution is 7.92. The molecule has 1 aromatic carbocycles. The number of hydrogen-bond acceptors (Lipinski definition) is 4. The minimum Gasteiger partial charge on any atom is -0.318 e. The number of ketones is 1. The van der Waals surface area contributed by atoms with Gasteiger partial charge in [-0.3, -0.25) is 4.79 Å². The quantitative estimate of drug-likeness (QED) is 0.460. The van der Waals surface area contributed by atoms with Crippen molar-refractivity contribution in [1.82, 2.24) is 9.55 Å². The van der Waals surface area contributed by atoms with Crippen molar-refractivity contribution in [3.8, 4) is 0 Å². The van der Waals surface area contributed by atoms with E-state index >= 15 is 0 Å². The van der Waals surface area contributed by atoms with E-state index in [2.05, 4.69) is 4.98 Å². The lowest BCUT2D eigenvalue weighted by Crippen LogP contribution is -2.21. The summed E-state index contributed by atoms with van der Waals surface area (Å²) in [6, 6.07) is 2.07. The summed E-state index contributed by atoms with van der Waals surface area (Å²) in [6.45, 7) is 1.16. The van der Waals surface area contributed by atoms with Gasteiger partial charge in [0.15, 0.2) is 15.6 Å². The average Bonchev–Trinajstić information content (AvgIpc) is 2.94. The van der Waals surface area contributed by atoms with Crippen LogP contribution >= 0.6 is 11.6 Å². The number of carbonyl (C=O) groups excluding carboxylic acids is 1. The van der Waals surface area contributed by atoms with Crippen LogP contribution in [0.25, 0.3) is 0 Å². The molecule has 0 aliphatic carbocycles. The molecule has 1 unspecified atom stereocenters. The number of halogens is 7. The highest BCUT2D eigenvalue weighted by Crippen LogP contribution is 2.35. The Balaban J connectivity index is 2.32. The Morgan fingerprint density at radius 1 is 1.17 bits per heavy atom. The van der Waals surface area contributed by atoms with Gasteiger partial charge in [-0.25, -0.2) is 13.4 Å². The Morgan fingerprint density at radius 2 is 1.76 bits per heavy atom. The number of rotatable bonds is 6. The number of nitrogens with zero attached hydrogens (tertiary/aromatic N) is 2. The Hall–Kier alpha value is -2.08. The number of aromatic nitrogens is 2. The van der Waals surface area contributed by atoms with E-state index in [1.165, 1.54) is 0 Å². The fraction of sp³-hybridized carbons (Fsp3) is 0.375. The molecule has 0 aliphatic rings. The second-order valence-corrected chi connectivity index (χ2v) is 8.45. The zero-order chi connectivity index (χ0) is 22.2. The topological polar surface area (TPSA) is 69.0 Å². The summed E-state index contributed by atoms with van der Waals surface area (Å²) in [5.74, 6) is -2.63. The normalized spacial score (nSPS) is 14.1. The van der Waals surface area contributed by atoms with Crippen molar-refractivity contribution in [2.24, 2.45) is 0 Å². The smallest absolute Gasteiger partial charge is 0.318 e. The van der Waals surface area contributed by atoms with Crippen LogP contribution in [-0.2, 0) is 16.0 Å². The second-order valence-electron chi connectivity index (χ2n) is 6.14. The molecule has 13 heteroatoms. The highest BCUT2D eigenvalue weighted by Gasteiger charge is 2.38. The zero-order valence-corrected chi connectivity index (χ0v) is 16.1. The number of sulfone groups is 1. The van der Waals surface area contributed by atoms with Crippen molar-refractivity contribution in [3.05, 3.63) is 47.0 Å². The summed E-state index contributed by atoms with van der Waals surface area (Å²) in [4.78, 5) is 14.7. The van der Waals surface area contributed by atoms with E-state index in [1.54, 1.807) is 0 Å². The molecular weight excluding hydrogens is 450 g/mol. The molecule has 0 fully saturated rings. The molecule has 0 radical (unpaired) electrons. The third-order valence-electron chi connectivity index (χ3n) is 3.85. The van der Waals surface area contributed by atoms with Crippen LogP contribution in [0.3, 0.4) is 0 Å². The second kappa shape index (κ2) is 7.98. The van der Waals surface area contributed by atoms with E-state index in [1.807, 2.05) is 0 Å². The molecule has 2 rings (SSSR count). The van der Waals surface area contributed by atoms with Gasteiger partial charge in [-0.05, 0) is 19.1 Å². The van der Waals surface area contributed by atoms with Crippen LogP contribution in [-0.4, -0.2) is 35.7 Å². The summed E-state index contributed by atoms with van der Waals surface area (Å²) in [7, 11) is -4.74. The van der Waals surface area contributed by atoms with E-state index in [9.17, 15) is 39.6 Å². The van der Waals surface area contributed by atoms with Crippen LogP contribution < -0.4 is 0 Å². The Labute approximate surface area is 166 Å². The van der Waals surface area contributed by atoms with E-state index in [-0.39, 0.29) is 0 Å². The molecule has 1 atom stereocenters. The summed E-state index contributed by atoms with van der Waals surface area (Å²) < 4.78 is 102. The van der Waals surface area contributed by atoms with Crippen molar-refractivity contribution in [3.63, 3.8) is 0 Å². The Morgan fingerprint density at radius 3 is 2.31 bits per heavy atom. The van der Waals surface area contributed by atoms with Crippen LogP contribution in [0.1, 0.15) is 35.4 Å². The number of imidazole rings is 1. The average molecular weight is 463 g/mol. The first-order valence-electron chi connectivity index (χ1n) is 7.84. The molecule has 0 spiro atoms. The lowest BCUT2D eigenvalue weighted by molar-refractivity contribution is -0.142. The SMILES string of the molecule is CC(CC(F)(F)F)n1cnc(C(=O)CS(=O)(=O)c2ccccc2C(F)(F)F)c1Cl. The van der Waals surface area contributed by atoms with E-state index in [0.29, 0.717) is 12.1 Å². The van der Waals surface area contributed by atoms with Gasteiger partial charge in [-0.1, -0.05) is 23.7 Å². The molecule has 2 aromatic rings. The fourth-order valence-corrected chi connectivity index (χ4v) is 4.37. The molecular formula is C16H13ClF6N2O3S. The van der Waals surface area contributed by atoms with Gasteiger partial charge in [-0.2, -0.15) is 26.3 Å². The van der Waals surface area contributed by atoms with Gasteiger partial charge in [0.05, 0.1) is 23.2 Å². The van der Waals surface area contributed by atoms with Crippen LogP contribution in [0, 0.1) is 0 Å². The predicted molar refractivity (Wildman–Crippen MR) is 90.4 cm³/mol. The summed E-state index contributed by atoms with van der Waals surface area (Å²) in [5, 5.41) is -0.536. The maximum absolute atomic E-state index is 13.1. The first kappa shape index (κ1) is 23.2. The molecule has 29 heavy (non-hydrogen) atoms. The van der Waals surface area contributed by atoms with E-state index in [4.69, 9.17) is 11.6 Å². The zero-order valence-electron chi connectivity index (χ0n) is 14.6. The Kier molecular flexibility index (Phi) is 6.38. The largest absolute Gasteiger partial charge is 0.417 e. The molecule has 1 heterocycles. The number of Topliss-reactive ketones (excluding diaryl/α,β-unsaturated/α-hetero) is 1. The molecule has 1 aromatic heterocycles.